The lowest BCUT2D eigenvalue weighted by Crippen LogP contribution is -2.20. The SMILES string of the molecule is C=CC(=O)NCc1ccc(Oc2ccc(C(F)(F)F)nc2)c2sc(C)nc12. The number of carbonyl (C=O) groups is 1. The zero-order valence-electron chi connectivity index (χ0n) is 14.1. The monoisotopic (exact) mass is 393 g/mol. The number of halogens is 3. The van der Waals surface area contributed by atoms with Crippen molar-refractivity contribution in [3.63, 3.8) is 0 Å². The van der Waals surface area contributed by atoms with Gasteiger partial charge in [-0.3, -0.25) is 4.79 Å². The Kier molecular flexibility index (Phi) is 5.13. The van der Waals surface area contributed by atoms with Gasteiger partial charge in [-0.05, 0) is 36.8 Å². The molecule has 2 heterocycles. The molecule has 0 radical (unpaired) electrons. The van der Waals surface area contributed by atoms with Crippen molar-refractivity contribution in [1.82, 2.24) is 15.3 Å². The molecule has 0 atom stereocenters. The predicted molar refractivity (Wildman–Crippen MR) is 95.7 cm³/mol. The Labute approximate surface area is 156 Å². The van der Waals surface area contributed by atoms with Gasteiger partial charge in [-0.2, -0.15) is 13.2 Å². The molecule has 0 aliphatic rings. The number of carbonyl (C=O) groups excluding carboxylic acids is 1. The van der Waals surface area contributed by atoms with E-state index in [-0.39, 0.29) is 18.2 Å². The van der Waals surface area contributed by atoms with Crippen molar-refractivity contribution < 1.29 is 22.7 Å². The number of rotatable bonds is 5. The maximum Gasteiger partial charge on any atom is 0.433 e. The van der Waals surface area contributed by atoms with Gasteiger partial charge in [-0.1, -0.05) is 12.6 Å². The number of benzene rings is 1. The van der Waals surface area contributed by atoms with E-state index in [0.717, 1.165) is 27.5 Å². The molecule has 0 aliphatic heterocycles. The van der Waals surface area contributed by atoms with Crippen molar-refractivity contribution in [2.45, 2.75) is 19.6 Å². The van der Waals surface area contributed by atoms with E-state index in [1.54, 1.807) is 12.1 Å². The van der Waals surface area contributed by atoms with Gasteiger partial charge >= 0.3 is 6.18 Å². The third-order valence-electron chi connectivity index (χ3n) is 3.59. The van der Waals surface area contributed by atoms with Gasteiger partial charge in [-0.15, -0.1) is 11.3 Å². The Morgan fingerprint density at radius 1 is 1.33 bits per heavy atom. The molecule has 0 spiro atoms. The Morgan fingerprint density at radius 3 is 2.74 bits per heavy atom. The molecule has 27 heavy (non-hydrogen) atoms. The summed E-state index contributed by atoms with van der Waals surface area (Å²) in [4.78, 5) is 19.2. The minimum atomic E-state index is -4.50. The van der Waals surface area contributed by atoms with Crippen LogP contribution in [-0.2, 0) is 17.5 Å². The number of nitrogens with zero attached hydrogens (tertiary/aromatic N) is 2. The third kappa shape index (κ3) is 4.25. The molecule has 0 saturated heterocycles. The van der Waals surface area contributed by atoms with E-state index >= 15 is 0 Å². The van der Waals surface area contributed by atoms with Crippen LogP contribution in [-0.4, -0.2) is 15.9 Å². The zero-order valence-corrected chi connectivity index (χ0v) is 14.9. The lowest BCUT2D eigenvalue weighted by molar-refractivity contribution is -0.141. The Hall–Kier alpha value is -2.94. The van der Waals surface area contributed by atoms with Crippen LogP contribution in [0.15, 0.2) is 43.1 Å². The molecule has 1 N–H and O–H groups in total. The summed E-state index contributed by atoms with van der Waals surface area (Å²) in [5.74, 6) is 0.338. The highest BCUT2D eigenvalue weighted by molar-refractivity contribution is 7.18. The minimum absolute atomic E-state index is 0.183. The van der Waals surface area contributed by atoms with Gasteiger partial charge in [-0.25, -0.2) is 9.97 Å². The lowest BCUT2D eigenvalue weighted by atomic mass is 10.2. The summed E-state index contributed by atoms with van der Waals surface area (Å²) in [6.07, 6.45) is -2.29. The summed E-state index contributed by atoms with van der Waals surface area (Å²) < 4.78 is 44.3. The van der Waals surface area contributed by atoms with E-state index < -0.39 is 11.9 Å². The molecule has 2 aromatic heterocycles. The van der Waals surface area contributed by atoms with Crippen molar-refractivity contribution in [3.05, 3.63) is 59.4 Å². The first-order valence-electron chi connectivity index (χ1n) is 7.78. The summed E-state index contributed by atoms with van der Waals surface area (Å²) in [7, 11) is 0. The molecule has 1 amide bonds. The number of pyridine rings is 1. The van der Waals surface area contributed by atoms with Crippen LogP contribution in [0.5, 0.6) is 11.5 Å². The van der Waals surface area contributed by atoms with Crippen molar-refractivity contribution in [1.29, 1.82) is 0 Å². The highest BCUT2D eigenvalue weighted by atomic mass is 32.1. The normalized spacial score (nSPS) is 11.4. The summed E-state index contributed by atoms with van der Waals surface area (Å²) >= 11 is 1.39. The van der Waals surface area contributed by atoms with Gasteiger partial charge in [0.2, 0.25) is 5.91 Å². The van der Waals surface area contributed by atoms with E-state index in [0.29, 0.717) is 11.3 Å². The molecule has 0 fully saturated rings. The molecule has 3 rings (SSSR count). The van der Waals surface area contributed by atoms with Crippen molar-refractivity contribution >= 4 is 27.5 Å². The zero-order chi connectivity index (χ0) is 19.6. The number of aromatic nitrogens is 2. The quantitative estimate of drug-likeness (QED) is 0.643. The van der Waals surface area contributed by atoms with Crippen LogP contribution in [0, 0.1) is 6.92 Å². The molecule has 140 valence electrons. The number of fused-ring (bicyclic) bond motifs is 1. The molecular formula is C18H14F3N3O2S. The Balaban J connectivity index is 1.89. The van der Waals surface area contributed by atoms with E-state index in [4.69, 9.17) is 4.74 Å². The molecule has 0 bridgehead atoms. The number of hydrogen-bond donors (Lipinski definition) is 1. The summed E-state index contributed by atoms with van der Waals surface area (Å²) in [5.41, 5.74) is 0.476. The predicted octanol–water partition coefficient (Wildman–Crippen LogP) is 4.61. The third-order valence-corrected chi connectivity index (χ3v) is 4.58. The van der Waals surface area contributed by atoms with Gasteiger partial charge in [0.15, 0.2) is 0 Å². The molecular weight excluding hydrogens is 379 g/mol. The van der Waals surface area contributed by atoms with Gasteiger partial charge in [0.25, 0.3) is 0 Å². The second-order valence-corrected chi connectivity index (χ2v) is 6.74. The highest BCUT2D eigenvalue weighted by Gasteiger charge is 2.32. The first kappa shape index (κ1) is 18.8. The van der Waals surface area contributed by atoms with Crippen LogP contribution in [0.2, 0.25) is 0 Å². The number of hydrogen-bond acceptors (Lipinski definition) is 5. The van der Waals surface area contributed by atoms with Crippen molar-refractivity contribution in [3.8, 4) is 11.5 Å². The summed E-state index contributed by atoms with van der Waals surface area (Å²) in [5, 5.41) is 3.48. The van der Waals surface area contributed by atoms with Crippen LogP contribution in [0.4, 0.5) is 13.2 Å². The van der Waals surface area contributed by atoms with E-state index in [1.165, 1.54) is 23.5 Å². The molecule has 0 aliphatic carbocycles. The van der Waals surface area contributed by atoms with Crippen LogP contribution < -0.4 is 10.1 Å². The number of alkyl halides is 3. The van der Waals surface area contributed by atoms with Gasteiger partial charge in [0.05, 0.1) is 21.4 Å². The first-order valence-corrected chi connectivity index (χ1v) is 8.60. The second-order valence-electron chi connectivity index (χ2n) is 5.53. The first-order chi connectivity index (χ1) is 12.8. The van der Waals surface area contributed by atoms with Crippen molar-refractivity contribution in [2.24, 2.45) is 0 Å². The summed E-state index contributed by atoms with van der Waals surface area (Å²) in [6.45, 7) is 5.50. The fraction of sp³-hybridized carbons (Fsp3) is 0.167. The molecule has 0 unspecified atom stereocenters. The second kappa shape index (κ2) is 7.36. The topological polar surface area (TPSA) is 64.1 Å². The van der Waals surface area contributed by atoms with E-state index in [9.17, 15) is 18.0 Å². The number of thiazole rings is 1. The van der Waals surface area contributed by atoms with E-state index in [1.807, 2.05) is 6.92 Å². The number of amides is 1. The standard InChI is InChI=1S/C18H14F3N3O2S/c1-3-15(25)23-8-11-4-6-13(17-16(11)24-10(2)27-17)26-12-5-7-14(22-9-12)18(19,20)21/h3-7,9H,1,8H2,2H3,(H,23,25). The maximum atomic E-state index is 12.6. The highest BCUT2D eigenvalue weighted by Crippen LogP contribution is 2.36. The van der Waals surface area contributed by atoms with Crippen LogP contribution in [0.3, 0.4) is 0 Å². The van der Waals surface area contributed by atoms with Crippen molar-refractivity contribution in [2.75, 3.05) is 0 Å². The van der Waals surface area contributed by atoms with Crippen LogP contribution in [0.1, 0.15) is 16.3 Å². The lowest BCUT2D eigenvalue weighted by Gasteiger charge is -2.10. The maximum absolute atomic E-state index is 12.6. The number of nitrogens with one attached hydrogen (secondary N) is 1. The fourth-order valence-corrected chi connectivity index (χ4v) is 3.27. The van der Waals surface area contributed by atoms with Crippen LogP contribution >= 0.6 is 11.3 Å². The van der Waals surface area contributed by atoms with Gasteiger partial charge < -0.3 is 10.1 Å². The molecule has 1 aromatic carbocycles. The largest absolute Gasteiger partial charge is 0.454 e. The minimum Gasteiger partial charge on any atom is -0.454 e. The van der Waals surface area contributed by atoms with Gasteiger partial charge in [0, 0.05) is 6.54 Å². The average molecular weight is 393 g/mol. The molecule has 3 aromatic rings. The Bertz CT molecular complexity index is 997. The fourth-order valence-electron chi connectivity index (χ4n) is 2.36. The van der Waals surface area contributed by atoms with E-state index in [2.05, 4.69) is 21.9 Å². The molecule has 5 nitrogen and oxygen atoms in total. The number of aryl methyl sites for hydroxylation is 1. The average Bonchev–Trinajstić information content (AvgIpc) is 3.02. The Morgan fingerprint density at radius 2 is 2.11 bits per heavy atom. The number of ether oxygens (including phenoxy) is 1. The smallest absolute Gasteiger partial charge is 0.433 e. The molecule has 9 heteroatoms. The summed E-state index contributed by atoms with van der Waals surface area (Å²) in [6, 6.07) is 5.52. The van der Waals surface area contributed by atoms with Crippen LogP contribution in [0.25, 0.3) is 10.2 Å². The van der Waals surface area contributed by atoms with Gasteiger partial charge in [0.1, 0.15) is 17.2 Å². The molecule has 0 saturated carbocycles.